The highest BCUT2D eigenvalue weighted by atomic mass is 16.8. The lowest BCUT2D eigenvalue weighted by Gasteiger charge is -2.46. The van der Waals surface area contributed by atoms with Gasteiger partial charge in [-0.05, 0) is 48.0 Å². The Morgan fingerprint density at radius 3 is 1.97 bits per heavy atom. The molecule has 16 atom stereocenters. The largest absolute Gasteiger partial charge is 0.508 e. The molecule has 2 aromatic rings. The molecular formula is C43H50O24. The van der Waals surface area contributed by atoms with E-state index < -0.39 is 141 Å². The number of carbonyl (C=O) groups is 1. The number of phenolic OH excluding ortho intramolecular Hbond substituents is 3. The van der Waals surface area contributed by atoms with Crippen molar-refractivity contribution in [2.45, 2.75) is 98.2 Å². The number of aliphatic hydroxyl groups is 11. The number of ether oxygens (including phenoxy) is 9. The maximum atomic E-state index is 12.6. The molecule has 0 aromatic heterocycles. The lowest BCUT2D eigenvalue weighted by molar-refractivity contribution is -0.363. The topological polar surface area (TPSA) is 383 Å². The fourth-order valence-corrected chi connectivity index (χ4v) is 7.57. The third-order valence-electron chi connectivity index (χ3n) is 11.3. The van der Waals surface area contributed by atoms with E-state index in [4.69, 9.17) is 42.6 Å². The first kappa shape index (κ1) is 49.4. The van der Waals surface area contributed by atoms with E-state index in [0.717, 1.165) is 12.2 Å². The highest BCUT2D eigenvalue weighted by molar-refractivity contribution is 5.87. The summed E-state index contributed by atoms with van der Waals surface area (Å²) in [5.41, 5.74) is 0.491. The van der Waals surface area contributed by atoms with Crippen LogP contribution in [0.15, 0.2) is 83.6 Å². The number of fused-ring (bicyclic) bond motifs is 1. The summed E-state index contributed by atoms with van der Waals surface area (Å²) >= 11 is 0. The van der Waals surface area contributed by atoms with Gasteiger partial charge in [0.15, 0.2) is 46.9 Å². The molecule has 0 bridgehead atoms. The molecule has 3 fully saturated rings. The molecule has 2 aromatic carbocycles. The van der Waals surface area contributed by atoms with Gasteiger partial charge in [-0.15, -0.1) is 0 Å². The van der Waals surface area contributed by atoms with E-state index in [2.05, 4.69) is 0 Å². The summed E-state index contributed by atoms with van der Waals surface area (Å²) in [6.45, 7) is -2.41. The van der Waals surface area contributed by atoms with Crippen LogP contribution in [0.4, 0.5) is 0 Å². The summed E-state index contributed by atoms with van der Waals surface area (Å²) in [5, 5.41) is 147. The van der Waals surface area contributed by atoms with Crippen molar-refractivity contribution in [3.8, 4) is 23.0 Å². The molecule has 67 heavy (non-hydrogen) atoms. The zero-order valence-electron chi connectivity index (χ0n) is 35.1. The van der Waals surface area contributed by atoms with Gasteiger partial charge in [-0.1, -0.05) is 6.07 Å². The van der Waals surface area contributed by atoms with Gasteiger partial charge < -0.3 is 114 Å². The summed E-state index contributed by atoms with van der Waals surface area (Å²) in [6.07, 6.45) is -22.9. The number of carbonyl (C=O) groups excluding carboxylic acids is 1. The van der Waals surface area contributed by atoms with Gasteiger partial charge in [-0.25, -0.2) is 4.79 Å². The number of rotatable bonds is 14. The normalized spacial score (nSPS) is 35.4. The predicted molar refractivity (Wildman–Crippen MR) is 218 cm³/mol. The van der Waals surface area contributed by atoms with Crippen LogP contribution in [0.1, 0.15) is 11.1 Å². The smallest absolute Gasteiger partial charge is 0.330 e. The van der Waals surface area contributed by atoms with Gasteiger partial charge in [-0.2, -0.15) is 0 Å². The Kier molecular flexibility index (Phi) is 15.3. The molecule has 14 N–H and O–H groups in total. The first-order chi connectivity index (χ1) is 31.9. The third-order valence-corrected chi connectivity index (χ3v) is 11.3. The summed E-state index contributed by atoms with van der Waals surface area (Å²) in [5.74, 6) is -3.29. The molecular weight excluding hydrogens is 900 g/mol. The average molecular weight is 951 g/mol. The van der Waals surface area contributed by atoms with Crippen molar-refractivity contribution in [3.63, 3.8) is 0 Å². The summed E-state index contributed by atoms with van der Waals surface area (Å²) in [4.78, 5) is 12.6. The molecule has 366 valence electrons. The lowest BCUT2D eigenvalue weighted by atomic mass is 9.95. The quantitative estimate of drug-likeness (QED) is 0.0506. The highest BCUT2D eigenvalue weighted by Gasteiger charge is 2.52. The SMILES string of the molecule is COc1cc(C2=C(OC3OC(CO)C(O)C(O)C3OC3OC(COC(=O)C=Cc4ccc(O)c(O)c4)C(O)C(O)C3O)C=C3C(OC4OC(CO)C(O)C(O)C4O)=CC(O)=CC3O2)ccc1O. The number of hydrogen-bond acceptors (Lipinski definition) is 24. The Balaban J connectivity index is 1.18. The van der Waals surface area contributed by atoms with E-state index in [-0.39, 0.29) is 39.9 Å². The van der Waals surface area contributed by atoms with E-state index in [0.29, 0.717) is 5.56 Å². The Morgan fingerprint density at radius 2 is 1.30 bits per heavy atom. The molecule has 24 heteroatoms. The van der Waals surface area contributed by atoms with Gasteiger partial charge in [0.05, 0.1) is 20.3 Å². The third kappa shape index (κ3) is 10.5. The van der Waals surface area contributed by atoms with Crippen molar-refractivity contribution >= 4 is 17.8 Å². The molecule has 4 heterocycles. The molecule has 0 radical (unpaired) electrons. The van der Waals surface area contributed by atoms with E-state index in [1.165, 1.54) is 61.7 Å². The number of esters is 1. The minimum atomic E-state index is -2.07. The number of aliphatic hydroxyl groups excluding tert-OH is 11. The van der Waals surface area contributed by atoms with E-state index in [1.807, 2.05) is 0 Å². The predicted octanol–water partition coefficient (Wildman–Crippen LogP) is -3.13. The highest BCUT2D eigenvalue weighted by Crippen LogP contribution is 2.42. The summed E-state index contributed by atoms with van der Waals surface area (Å²) in [7, 11) is 1.27. The molecule has 7 rings (SSSR count). The van der Waals surface area contributed by atoms with Gasteiger partial charge in [0.1, 0.15) is 91.4 Å². The maximum absolute atomic E-state index is 12.6. The van der Waals surface area contributed by atoms with Crippen LogP contribution in [-0.2, 0) is 42.7 Å². The van der Waals surface area contributed by atoms with Gasteiger partial charge in [0.25, 0.3) is 0 Å². The van der Waals surface area contributed by atoms with Crippen LogP contribution in [0.5, 0.6) is 23.0 Å². The second-order valence-electron chi connectivity index (χ2n) is 15.8. The van der Waals surface area contributed by atoms with Gasteiger partial charge >= 0.3 is 5.97 Å². The second-order valence-corrected chi connectivity index (χ2v) is 15.8. The Hall–Kier alpha value is -5.55. The average Bonchev–Trinajstić information content (AvgIpc) is 3.31. The first-order valence-corrected chi connectivity index (χ1v) is 20.5. The van der Waals surface area contributed by atoms with Crippen molar-refractivity contribution in [3.05, 3.63) is 94.7 Å². The van der Waals surface area contributed by atoms with Crippen LogP contribution in [0, 0.1) is 0 Å². The molecule has 0 amide bonds. The van der Waals surface area contributed by atoms with Crippen molar-refractivity contribution in [2.24, 2.45) is 0 Å². The molecule has 1 aliphatic carbocycles. The van der Waals surface area contributed by atoms with Gasteiger partial charge in [0.2, 0.25) is 12.6 Å². The van der Waals surface area contributed by atoms with Crippen LogP contribution in [0.25, 0.3) is 11.8 Å². The standard InChI is InChI=1S/C43H50O24/c1-59-25-9-17(4-6-21(25)48)39-26(12-19-23(61-39)10-18(46)11-24(19)62-41-37(57)34(54)31(51)27(13-44)64-41)63-43-40(36(56)32(52)28(14-45)65-43)67-42-38(58)35(55)33(53)29(66-42)15-60-30(50)7-3-16-2-5-20(47)22(49)8-16/h2-12,23,27-29,31-38,40-49,51-58H,13-15H2,1H3. The monoisotopic (exact) mass is 950 g/mol. The van der Waals surface area contributed by atoms with Crippen LogP contribution in [0.2, 0.25) is 0 Å². The van der Waals surface area contributed by atoms with Crippen molar-refractivity contribution in [1.29, 1.82) is 0 Å². The van der Waals surface area contributed by atoms with Crippen LogP contribution < -0.4 is 4.74 Å². The number of phenols is 3. The summed E-state index contributed by atoms with van der Waals surface area (Å²) in [6, 6.07) is 7.71. The fraction of sp³-hybridized carbons (Fsp3) is 0.465. The molecule has 16 unspecified atom stereocenters. The number of allylic oxidation sites excluding steroid dienone is 2. The zero-order valence-corrected chi connectivity index (χ0v) is 35.1. The number of methoxy groups -OCH3 is 1. The van der Waals surface area contributed by atoms with Crippen LogP contribution >= 0.6 is 0 Å². The van der Waals surface area contributed by atoms with Crippen molar-refractivity contribution in [2.75, 3.05) is 26.9 Å². The van der Waals surface area contributed by atoms with Crippen LogP contribution in [0.3, 0.4) is 0 Å². The molecule has 4 aliphatic heterocycles. The number of hydrogen-bond donors (Lipinski definition) is 14. The second kappa shape index (κ2) is 20.8. The molecule has 0 saturated carbocycles. The van der Waals surface area contributed by atoms with Crippen molar-refractivity contribution < 1.29 is 119 Å². The molecule has 3 saturated heterocycles. The Labute approximate surface area is 379 Å². The molecule has 5 aliphatic rings. The van der Waals surface area contributed by atoms with Crippen molar-refractivity contribution in [1.82, 2.24) is 0 Å². The minimum absolute atomic E-state index is 0.0309. The van der Waals surface area contributed by atoms with Crippen LogP contribution in [-0.4, -0.2) is 203 Å². The number of benzene rings is 2. The zero-order chi connectivity index (χ0) is 48.4. The minimum Gasteiger partial charge on any atom is -0.508 e. The maximum Gasteiger partial charge on any atom is 0.330 e. The van der Waals surface area contributed by atoms with E-state index in [9.17, 15) is 76.3 Å². The molecule has 24 nitrogen and oxygen atoms in total. The first-order valence-electron chi connectivity index (χ1n) is 20.5. The Morgan fingerprint density at radius 1 is 0.672 bits per heavy atom. The van der Waals surface area contributed by atoms with E-state index >= 15 is 0 Å². The van der Waals surface area contributed by atoms with Gasteiger partial charge in [0, 0.05) is 29.4 Å². The van der Waals surface area contributed by atoms with E-state index in [1.54, 1.807) is 0 Å². The Bertz CT molecular complexity index is 2260. The van der Waals surface area contributed by atoms with Gasteiger partial charge in [-0.3, -0.25) is 0 Å². The fourth-order valence-electron chi connectivity index (χ4n) is 7.57. The molecule has 0 spiro atoms. The number of aromatic hydroxyl groups is 3. The lowest BCUT2D eigenvalue weighted by Crippen LogP contribution is -2.64. The summed E-state index contributed by atoms with van der Waals surface area (Å²) < 4.78 is 52.0.